The number of hydrogen-bond acceptors (Lipinski definition) is 2. The van der Waals surface area contributed by atoms with Crippen LogP contribution in [-0.4, -0.2) is 15.8 Å². The van der Waals surface area contributed by atoms with Gasteiger partial charge in [0.2, 0.25) is 0 Å². The molecule has 1 rings (SSSR count). The third kappa shape index (κ3) is 3.14. The smallest absolute Gasteiger partial charge is 0.0644 e. The molecule has 0 fully saturated rings. The molecule has 0 aromatic carbocycles. The highest BCUT2D eigenvalue weighted by atomic mass is 15.3. The molecule has 104 valence electrons. The van der Waals surface area contributed by atoms with Crippen LogP contribution in [0.15, 0.2) is 0 Å². The summed E-state index contributed by atoms with van der Waals surface area (Å²) < 4.78 is 2.09. The maximum absolute atomic E-state index is 4.60. The highest BCUT2D eigenvalue weighted by Crippen LogP contribution is 2.23. The highest BCUT2D eigenvalue weighted by Gasteiger charge is 2.20. The molecule has 3 unspecified atom stereocenters. The van der Waals surface area contributed by atoms with Gasteiger partial charge in [-0.3, -0.25) is 4.68 Å². The molecule has 0 amide bonds. The summed E-state index contributed by atoms with van der Waals surface area (Å²) >= 11 is 0. The van der Waals surface area contributed by atoms with E-state index in [1.54, 1.807) is 0 Å². The van der Waals surface area contributed by atoms with Gasteiger partial charge in [0.1, 0.15) is 0 Å². The lowest BCUT2D eigenvalue weighted by Crippen LogP contribution is -2.34. The fraction of sp³-hybridized carbons (Fsp3) is 0.800. The Hall–Kier alpha value is -0.830. The monoisotopic (exact) mass is 251 g/mol. The quantitative estimate of drug-likeness (QED) is 0.837. The van der Waals surface area contributed by atoms with Crippen LogP contribution in [0, 0.1) is 19.8 Å². The SMILES string of the molecule is CCC(C)C(C)NC(C)c1c(C)nn(CC)c1C. The Kier molecular flexibility index (Phi) is 5.39. The average molecular weight is 251 g/mol. The third-order valence-electron chi connectivity index (χ3n) is 4.18. The number of aromatic nitrogens is 2. The summed E-state index contributed by atoms with van der Waals surface area (Å²) in [6, 6.07) is 0.906. The van der Waals surface area contributed by atoms with Crippen molar-refractivity contribution >= 4 is 0 Å². The minimum Gasteiger partial charge on any atom is -0.307 e. The second-order valence-corrected chi connectivity index (χ2v) is 5.46. The predicted molar refractivity (Wildman–Crippen MR) is 77.8 cm³/mol. The fourth-order valence-corrected chi connectivity index (χ4v) is 2.64. The molecule has 1 aromatic rings. The molecule has 0 bridgehead atoms. The lowest BCUT2D eigenvalue weighted by Gasteiger charge is -2.25. The second kappa shape index (κ2) is 6.37. The van der Waals surface area contributed by atoms with E-state index in [2.05, 4.69) is 63.6 Å². The summed E-state index contributed by atoms with van der Waals surface area (Å²) in [4.78, 5) is 0. The first kappa shape index (κ1) is 15.2. The molecule has 0 radical (unpaired) electrons. The Balaban J connectivity index is 2.84. The van der Waals surface area contributed by atoms with Crippen LogP contribution >= 0.6 is 0 Å². The van der Waals surface area contributed by atoms with E-state index in [0.29, 0.717) is 18.0 Å². The molecule has 3 heteroatoms. The Labute approximate surface area is 112 Å². The summed E-state index contributed by atoms with van der Waals surface area (Å²) in [5, 5.41) is 8.31. The Morgan fingerprint density at radius 3 is 2.22 bits per heavy atom. The summed E-state index contributed by atoms with van der Waals surface area (Å²) in [5.74, 6) is 0.703. The lowest BCUT2D eigenvalue weighted by molar-refractivity contribution is 0.359. The summed E-state index contributed by atoms with van der Waals surface area (Å²) in [5.41, 5.74) is 3.82. The second-order valence-electron chi connectivity index (χ2n) is 5.46. The van der Waals surface area contributed by atoms with Crippen LogP contribution in [-0.2, 0) is 6.54 Å². The lowest BCUT2D eigenvalue weighted by atomic mass is 9.98. The molecule has 0 saturated heterocycles. The number of aryl methyl sites for hydroxylation is 2. The minimum absolute atomic E-state index is 0.370. The number of nitrogens with one attached hydrogen (secondary N) is 1. The zero-order valence-corrected chi connectivity index (χ0v) is 13.0. The first-order valence-electron chi connectivity index (χ1n) is 7.22. The van der Waals surface area contributed by atoms with Gasteiger partial charge in [-0.15, -0.1) is 0 Å². The topological polar surface area (TPSA) is 29.9 Å². The van der Waals surface area contributed by atoms with Crippen molar-refractivity contribution in [2.45, 2.75) is 73.5 Å². The zero-order chi connectivity index (χ0) is 13.9. The molecule has 1 aromatic heterocycles. The molecule has 18 heavy (non-hydrogen) atoms. The van der Waals surface area contributed by atoms with E-state index in [9.17, 15) is 0 Å². The number of nitrogens with zero attached hydrogens (tertiary/aromatic N) is 2. The maximum Gasteiger partial charge on any atom is 0.0644 e. The van der Waals surface area contributed by atoms with Crippen LogP contribution in [0.1, 0.15) is 64.0 Å². The van der Waals surface area contributed by atoms with Crippen LogP contribution in [0.3, 0.4) is 0 Å². The largest absolute Gasteiger partial charge is 0.307 e. The molecule has 0 aliphatic rings. The van der Waals surface area contributed by atoms with Gasteiger partial charge in [-0.05, 0) is 40.5 Å². The molecule has 1 heterocycles. The van der Waals surface area contributed by atoms with Gasteiger partial charge in [-0.25, -0.2) is 0 Å². The van der Waals surface area contributed by atoms with E-state index in [1.165, 1.54) is 17.7 Å². The molecular formula is C15H29N3. The highest BCUT2D eigenvalue weighted by molar-refractivity contribution is 5.27. The third-order valence-corrected chi connectivity index (χ3v) is 4.18. The normalized spacial score (nSPS) is 16.6. The standard InChI is InChI=1S/C15H29N3/c1-8-10(3)11(4)16-12(5)15-13(6)17-18(9-2)14(15)7/h10-12,16H,8-9H2,1-7H3. The van der Waals surface area contributed by atoms with Crippen molar-refractivity contribution < 1.29 is 0 Å². The van der Waals surface area contributed by atoms with E-state index in [0.717, 1.165) is 12.2 Å². The summed E-state index contributed by atoms with van der Waals surface area (Å²) in [7, 11) is 0. The van der Waals surface area contributed by atoms with E-state index in [4.69, 9.17) is 0 Å². The van der Waals surface area contributed by atoms with E-state index < -0.39 is 0 Å². The number of hydrogen-bond donors (Lipinski definition) is 1. The molecule has 0 aliphatic heterocycles. The van der Waals surface area contributed by atoms with E-state index in [-0.39, 0.29) is 0 Å². The van der Waals surface area contributed by atoms with Crippen LogP contribution in [0.2, 0.25) is 0 Å². The molecule has 0 spiro atoms. The van der Waals surface area contributed by atoms with Crippen molar-refractivity contribution in [1.82, 2.24) is 15.1 Å². The van der Waals surface area contributed by atoms with Gasteiger partial charge in [0.25, 0.3) is 0 Å². The molecule has 3 nitrogen and oxygen atoms in total. The van der Waals surface area contributed by atoms with Crippen molar-refractivity contribution in [2.24, 2.45) is 5.92 Å². The van der Waals surface area contributed by atoms with Crippen LogP contribution in [0.25, 0.3) is 0 Å². The van der Waals surface area contributed by atoms with Crippen molar-refractivity contribution in [3.8, 4) is 0 Å². The van der Waals surface area contributed by atoms with E-state index >= 15 is 0 Å². The minimum atomic E-state index is 0.370. The van der Waals surface area contributed by atoms with Gasteiger partial charge >= 0.3 is 0 Å². The van der Waals surface area contributed by atoms with Crippen LogP contribution in [0.5, 0.6) is 0 Å². The first-order valence-corrected chi connectivity index (χ1v) is 7.22. The number of rotatable bonds is 6. The average Bonchev–Trinajstić information content (AvgIpc) is 2.62. The fourth-order valence-electron chi connectivity index (χ4n) is 2.64. The summed E-state index contributed by atoms with van der Waals surface area (Å²) in [6.45, 7) is 16.4. The van der Waals surface area contributed by atoms with Gasteiger partial charge in [0, 0.05) is 29.9 Å². The van der Waals surface area contributed by atoms with Crippen molar-refractivity contribution in [3.05, 3.63) is 17.0 Å². The van der Waals surface area contributed by atoms with Gasteiger partial charge in [0.05, 0.1) is 5.69 Å². The van der Waals surface area contributed by atoms with Crippen molar-refractivity contribution in [1.29, 1.82) is 0 Å². The Morgan fingerprint density at radius 2 is 1.78 bits per heavy atom. The molecule has 0 saturated carbocycles. The maximum atomic E-state index is 4.60. The van der Waals surface area contributed by atoms with Crippen LogP contribution in [0.4, 0.5) is 0 Å². The molecule has 1 N–H and O–H groups in total. The predicted octanol–water partition coefficient (Wildman–Crippen LogP) is 3.61. The van der Waals surface area contributed by atoms with Gasteiger partial charge in [-0.1, -0.05) is 20.3 Å². The van der Waals surface area contributed by atoms with E-state index in [1.807, 2.05) is 0 Å². The van der Waals surface area contributed by atoms with Crippen molar-refractivity contribution in [3.63, 3.8) is 0 Å². The van der Waals surface area contributed by atoms with Crippen LogP contribution < -0.4 is 5.32 Å². The molecule has 0 aliphatic carbocycles. The molecule has 3 atom stereocenters. The van der Waals surface area contributed by atoms with Gasteiger partial charge in [0.15, 0.2) is 0 Å². The summed E-state index contributed by atoms with van der Waals surface area (Å²) in [6.07, 6.45) is 1.22. The van der Waals surface area contributed by atoms with Gasteiger partial charge in [-0.2, -0.15) is 5.10 Å². The van der Waals surface area contributed by atoms with Gasteiger partial charge < -0.3 is 5.32 Å². The molecular weight excluding hydrogens is 222 g/mol. The first-order chi connectivity index (χ1) is 8.42. The van der Waals surface area contributed by atoms with Crippen molar-refractivity contribution in [2.75, 3.05) is 0 Å². The Morgan fingerprint density at radius 1 is 1.17 bits per heavy atom. The Bertz CT molecular complexity index is 381. The zero-order valence-electron chi connectivity index (χ0n) is 13.0.